The molecule has 2 aromatic carbocycles. The number of morpholine rings is 1. The van der Waals surface area contributed by atoms with Crippen molar-refractivity contribution in [1.82, 2.24) is 19.5 Å². The van der Waals surface area contributed by atoms with Crippen molar-refractivity contribution in [3.05, 3.63) is 71.4 Å². The van der Waals surface area contributed by atoms with Gasteiger partial charge in [-0.05, 0) is 48.4 Å². The third-order valence-corrected chi connectivity index (χ3v) is 6.57. The summed E-state index contributed by atoms with van der Waals surface area (Å²) in [4.78, 5) is 18.8. The summed E-state index contributed by atoms with van der Waals surface area (Å²) in [6.07, 6.45) is -3.26. The van der Waals surface area contributed by atoms with Gasteiger partial charge in [0.1, 0.15) is 17.7 Å². The third-order valence-electron chi connectivity index (χ3n) is 6.57. The number of hydrogen-bond donors (Lipinski definition) is 3. The second-order valence-corrected chi connectivity index (χ2v) is 9.09. The van der Waals surface area contributed by atoms with Crippen LogP contribution in [0.4, 0.5) is 39.5 Å². The Hall–Kier alpha value is -4.23. The average Bonchev–Trinajstić information content (AvgIpc) is 3.18. The number of ether oxygens (including phenoxy) is 1. The molecule has 0 radical (unpaired) electrons. The van der Waals surface area contributed by atoms with E-state index in [1.54, 1.807) is 28.8 Å². The van der Waals surface area contributed by atoms with Crippen LogP contribution in [-0.4, -0.2) is 51.8 Å². The van der Waals surface area contributed by atoms with Crippen LogP contribution in [-0.2, 0) is 17.5 Å². The van der Waals surface area contributed by atoms with Crippen LogP contribution in [0.3, 0.4) is 0 Å². The molecular weight excluding hydrogens is 518 g/mol. The van der Waals surface area contributed by atoms with Crippen molar-refractivity contribution >= 4 is 28.7 Å². The van der Waals surface area contributed by atoms with Crippen molar-refractivity contribution in [3.8, 4) is 11.1 Å². The zero-order valence-corrected chi connectivity index (χ0v) is 20.8. The molecule has 0 aliphatic carbocycles. The minimum absolute atomic E-state index is 0.320. The van der Waals surface area contributed by atoms with E-state index in [1.165, 1.54) is 6.33 Å². The van der Waals surface area contributed by atoms with E-state index in [-0.39, 0.29) is 0 Å². The molecule has 2 amide bonds. The van der Waals surface area contributed by atoms with Gasteiger partial charge in [-0.2, -0.15) is 18.3 Å². The lowest BCUT2D eigenvalue weighted by molar-refractivity contribution is -0.137. The van der Waals surface area contributed by atoms with Crippen LogP contribution in [0.1, 0.15) is 16.8 Å². The van der Waals surface area contributed by atoms with Crippen LogP contribution in [0.25, 0.3) is 16.6 Å². The topological polar surface area (TPSA) is 110 Å². The number of nitrogens with one attached hydrogen (secondary N) is 2. The highest BCUT2D eigenvalue weighted by atomic mass is 19.4. The fraction of sp³-hybridized carbons (Fsp3) is 0.269. The van der Waals surface area contributed by atoms with E-state index < -0.39 is 29.3 Å². The molecule has 0 atom stereocenters. The summed E-state index contributed by atoms with van der Waals surface area (Å²) in [7, 11) is 0. The highest BCUT2D eigenvalue weighted by Gasteiger charge is 2.31. The Morgan fingerprint density at radius 2 is 1.82 bits per heavy atom. The first kappa shape index (κ1) is 26.4. The summed E-state index contributed by atoms with van der Waals surface area (Å²) in [5.41, 5.74) is 9.21. The molecule has 1 saturated heterocycles. The molecule has 204 valence electrons. The Balaban J connectivity index is 1.38. The van der Waals surface area contributed by atoms with Crippen molar-refractivity contribution in [2.75, 3.05) is 42.7 Å². The second kappa shape index (κ2) is 10.5. The van der Waals surface area contributed by atoms with Gasteiger partial charge >= 0.3 is 12.2 Å². The number of urea groups is 1. The number of nitrogens with zero attached hydrogens (tertiary/aromatic N) is 4. The highest BCUT2D eigenvalue weighted by molar-refractivity contribution is 6.00. The summed E-state index contributed by atoms with van der Waals surface area (Å²) in [6.45, 7) is 5.57. The van der Waals surface area contributed by atoms with Crippen LogP contribution < -0.4 is 16.4 Å². The van der Waals surface area contributed by atoms with Gasteiger partial charge in [-0.15, -0.1) is 0 Å². The summed E-state index contributed by atoms with van der Waals surface area (Å²) in [5, 5.41) is 9.07. The molecule has 13 heteroatoms. The molecule has 0 unspecified atom stereocenters. The van der Waals surface area contributed by atoms with Crippen LogP contribution in [0.5, 0.6) is 0 Å². The first-order chi connectivity index (χ1) is 18.6. The average molecular weight is 544 g/mol. The van der Waals surface area contributed by atoms with E-state index in [9.17, 15) is 22.4 Å². The van der Waals surface area contributed by atoms with E-state index in [0.29, 0.717) is 55.0 Å². The van der Waals surface area contributed by atoms with E-state index in [4.69, 9.17) is 10.5 Å². The molecule has 39 heavy (non-hydrogen) atoms. The number of fused-ring (bicyclic) bond motifs is 1. The molecule has 1 aliphatic rings. The Morgan fingerprint density at radius 3 is 2.51 bits per heavy atom. The lowest BCUT2D eigenvalue weighted by Gasteiger charge is -2.26. The molecule has 0 saturated carbocycles. The molecule has 3 heterocycles. The molecule has 2 aromatic heterocycles. The quantitative estimate of drug-likeness (QED) is 0.308. The number of amides is 2. The fourth-order valence-corrected chi connectivity index (χ4v) is 4.60. The maximum absolute atomic E-state index is 14.0. The predicted octanol–water partition coefficient (Wildman–Crippen LogP) is 4.92. The summed E-state index contributed by atoms with van der Waals surface area (Å²) in [6, 6.07) is 7.71. The third kappa shape index (κ3) is 5.49. The number of nitrogens with two attached hydrogens (primary N) is 1. The first-order valence-electron chi connectivity index (χ1n) is 12.1. The maximum Gasteiger partial charge on any atom is 0.416 e. The SMILES string of the molecule is Cc1c(-c2ccc(NC(=O)Nc3cc(C(F)(F)F)ccc3F)cc2)c2c(N)ncnn2c1CN1CCOCC1. The van der Waals surface area contributed by atoms with E-state index in [1.807, 2.05) is 6.92 Å². The van der Waals surface area contributed by atoms with Gasteiger partial charge in [0.2, 0.25) is 0 Å². The van der Waals surface area contributed by atoms with Crippen molar-refractivity contribution in [3.63, 3.8) is 0 Å². The van der Waals surface area contributed by atoms with Gasteiger partial charge in [0.15, 0.2) is 5.82 Å². The Morgan fingerprint density at radius 1 is 1.10 bits per heavy atom. The van der Waals surface area contributed by atoms with Gasteiger partial charge in [0.05, 0.1) is 30.2 Å². The smallest absolute Gasteiger partial charge is 0.382 e. The van der Waals surface area contributed by atoms with E-state index in [0.717, 1.165) is 35.5 Å². The Bertz CT molecular complexity index is 1510. The van der Waals surface area contributed by atoms with Gasteiger partial charge in [-0.3, -0.25) is 4.90 Å². The number of rotatable bonds is 5. The lowest BCUT2D eigenvalue weighted by atomic mass is 10.0. The Kier molecular flexibility index (Phi) is 7.10. The van der Waals surface area contributed by atoms with Gasteiger partial charge in [-0.1, -0.05) is 12.1 Å². The van der Waals surface area contributed by atoms with Gasteiger partial charge < -0.3 is 21.1 Å². The molecule has 0 bridgehead atoms. The molecule has 1 aliphatic heterocycles. The molecule has 5 rings (SSSR count). The minimum Gasteiger partial charge on any atom is -0.382 e. The number of aromatic nitrogens is 3. The zero-order valence-electron chi connectivity index (χ0n) is 20.8. The number of nitrogen functional groups attached to an aromatic ring is 1. The second-order valence-electron chi connectivity index (χ2n) is 9.09. The minimum atomic E-state index is -4.67. The van der Waals surface area contributed by atoms with Gasteiger partial charge in [0.25, 0.3) is 0 Å². The van der Waals surface area contributed by atoms with Crippen LogP contribution in [0, 0.1) is 12.7 Å². The van der Waals surface area contributed by atoms with Crippen molar-refractivity contribution in [1.29, 1.82) is 0 Å². The normalized spacial score (nSPS) is 14.5. The molecule has 4 N–H and O–H groups in total. The summed E-state index contributed by atoms with van der Waals surface area (Å²) in [5.74, 6) is -0.668. The number of halogens is 4. The number of carbonyl (C=O) groups is 1. The van der Waals surface area contributed by atoms with Crippen molar-refractivity contribution < 1.29 is 27.1 Å². The predicted molar refractivity (Wildman–Crippen MR) is 138 cm³/mol. The van der Waals surface area contributed by atoms with Crippen LogP contribution >= 0.6 is 0 Å². The summed E-state index contributed by atoms with van der Waals surface area (Å²) < 4.78 is 60.1. The standard InChI is InChI=1S/C26H25F4N7O2/c1-15-21(13-36-8-10-39-11-9-36)37-23(24(31)32-14-33-37)22(15)16-2-5-18(6-3-16)34-25(38)35-20-12-17(26(28,29)30)4-7-19(20)27/h2-7,12,14H,8-11,13H2,1H3,(H2,31,32,33)(H2,34,35,38). The first-order valence-corrected chi connectivity index (χ1v) is 12.1. The fourth-order valence-electron chi connectivity index (χ4n) is 4.60. The number of hydrogen-bond acceptors (Lipinski definition) is 6. The zero-order chi connectivity index (χ0) is 27.7. The molecule has 0 spiro atoms. The largest absolute Gasteiger partial charge is 0.416 e. The number of benzene rings is 2. The maximum atomic E-state index is 14.0. The molecular formula is C26H25F4N7O2. The number of alkyl halides is 3. The Labute approximate surface area is 220 Å². The van der Waals surface area contributed by atoms with E-state index >= 15 is 0 Å². The number of anilines is 3. The van der Waals surface area contributed by atoms with E-state index in [2.05, 4.69) is 25.6 Å². The molecule has 4 aromatic rings. The molecule has 1 fully saturated rings. The van der Waals surface area contributed by atoms with Crippen molar-refractivity contribution in [2.24, 2.45) is 0 Å². The van der Waals surface area contributed by atoms with Gasteiger partial charge in [-0.25, -0.2) is 18.7 Å². The molecule has 9 nitrogen and oxygen atoms in total. The van der Waals surface area contributed by atoms with Crippen molar-refractivity contribution in [2.45, 2.75) is 19.6 Å². The van der Waals surface area contributed by atoms with Gasteiger partial charge in [0, 0.05) is 30.9 Å². The number of carbonyl (C=O) groups excluding carboxylic acids is 1. The highest BCUT2D eigenvalue weighted by Crippen LogP contribution is 2.36. The van der Waals surface area contributed by atoms with Crippen LogP contribution in [0.15, 0.2) is 48.8 Å². The lowest BCUT2D eigenvalue weighted by Crippen LogP contribution is -2.36. The van der Waals surface area contributed by atoms with Crippen LogP contribution in [0.2, 0.25) is 0 Å². The monoisotopic (exact) mass is 543 g/mol. The summed E-state index contributed by atoms with van der Waals surface area (Å²) >= 11 is 0.